The molecule has 10 heteroatoms. The van der Waals surface area contributed by atoms with Crippen molar-refractivity contribution in [2.24, 2.45) is 0 Å². The van der Waals surface area contributed by atoms with Gasteiger partial charge in [0.05, 0.1) is 9.82 Å². The number of carbonyl (C=O) groups excluding carboxylic acids is 1. The molecule has 0 saturated carbocycles. The van der Waals surface area contributed by atoms with E-state index in [4.69, 9.17) is 11.6 Å². The van der Waals surface area contributed by atoms with Gasteiger partial charge in [-0.05, 0) is 60.9 Å². The molecule has 32 heavy (non-hydrogen) atoms. The Bertz CT molecular complexity index is 1310. The highest BCUT2D eigenvalue weighted by Gasteiger charge is 2.24. The Morgan fingerprint density at radius 3 is 2.50 bits per heavy atom. The van der Waals surface area contributed by atoms with Crippen LogP contribution in [-0.2, 0) is 16.4 Å². The number of fused-ring (bicyclic) bond motifs is 1. The van der Waals surface area contributed by atoms with Crippen LogP contribution in [0.5, 0.6) is 0 Å². The Hall–Kier alpha value is -3.43. The van der Waals surface area contributed by atoms with Crippen molar-refractivity contribution in [2.45, 2.75) is 17.7 Å². The normalized spacial score (nSPS) is 13.3. The van der Waals surface area contributed by atoms with Gasteiger partial charge in [0.1, 0.15) is 5.02 Å². The van der Waals surface area contributed by atoms with E-state index in [0.717, 1.165) is 36.2 Å². The molecule has 0 atom stereocenters. The summed E-state index contributed by atoms with van der Waals surface area (Å²) in [6.07, 6.45) is 1.79. The topological polar surface area (TPSA) is 110 Å². The second-order valence-corrected chi connectivity index (χ2v) is 9.33. The summed E-state index contributed by atoms with van der Waals surface area (Å²) < 4.78 is 27.6. The summed E-state index contributed by atoms with van der Waals surface area (Å²) in [7, 11) is -4.09. The minimum Gasteiger partial charge on any atom is -0.308 e. The van der Waals surface area contributed by atoms with Crippen molar-refractivity contribution in [1.29, 1.82) is 0 Å². The van der Waals surface area contributed by atoms with E-state index in [0.29, 0.717) is 12.1 Å². The first-order valence-corrected chi connectivity index (χ1v) is 11.6. The molecular weight excluding hydrogens is 454 g/mol. The van der Waals surface area contributed by atoms with Crippen LogP contribution in [0.25, 0.3) is 0 Å². The first kappa shape index (κ1) is 21.8. The first-order chi connectivity index (χ1) is 15.3. The number of aryl methyl sites for hydroxylation is 1. The molecule has 1 aliphatic heterocycles. The van der Waals surface area contributed by atoms with Gasteiger partial charge >= 0.3 is 0 Å². The minimum atomic E-state index is -4.09. The Morgan fingerprint density at radius 2 is 1.78 bits per heavy atom. The van der Waals surface area contributed by atoms with Crippen molar-refractivity contribution in [3.05, 3.63) is 93.0 Å². The maximum atomic E-state index is 13.0. The summed E-state index contributed by atoms with van der Waals surface area (Å²) in [4.78, 5) is 24.7. The number of benzene rings is 3. The Balaban J connectivity index is 1.54. The Morgan fingerprint density at radius 1 is 1.06 bits per heavy atom. The molecule has 0 aromatic heterocycles. The van der Waals surface area contributed by atoms with E-state index in [9.17, 15) is 23.3 Å². The van der Waals surface area contributed by atoms with Crippen molar-refractivity contribution >= 4 is 44.6 Å². The molecule has 1 aliphatic rings. The molecule has 3 aromatic rings. The molecule has 0 spiro atoms. The minimum absolute atomic E-state index is 0.156. The van der Waals surface area contributed by atoms with Crippen LogP contribution in [0.1, 0.15) is 22.3 Å². The molecule has 8 nitrogen and oxygen atoms in total. The zero-order valence-corrected chi connectivity index (χ0v) is 18.3. The average Bonchev–Trinajstić information content (AvgIpc) is 2.78. The van der Waals surface area contributed by atoms with Crippen LogP contribution in [0.15, 0.2) is 71.6 Å². The van der Waals surface area contributed by atoms with Gasteiger partial charge in [-0.2, -0.15) is 0 Å². The number of nitrogens with zero attached hydrogens (tertiary/aromatic N) is 2. The molecular formula is C22H18ClN3O5S. The van der Waals surface area contributed by atoms with Crippen LogP contribution in [0.4, 0.5) is 17.1 Å². The smallest absolute Gasteiger partial charge is 0.289 e. The number of nitro benzene ring substituents is 1. The largest absolute Gasteiger partial charge is 0.308 e. The highest BCUT2D eigenvalue weighted by Crippen LogP contribution is 2.30. The third kappa shape index (κ3) is 4.30. The highest BCUT2D eigenvalue weighted by molar-refractivity contribution is 7.92. The maximum Gasteiger partial charge on any atom is 0.289 e. The van der Waals surface area contributed by atoms with Crippen LogP contribution in [0.2, 0.25) is 5.02 Å². The lowest BCUT2D eigenvalue weighted by molar-refractivity contribution is -0.384. The van der Waals surface area contributed by atoms with E-state index in [1.54, 1.807) is 17.0 Å². The molecule has 4 rings (SSSR count). The van der Waals surface area contributed by atoms with E-state index in [1.807, 2.05) is 24.3 Å². The fourth-order valence-corrected chi connectivity index (χ4v) is 4.86. The molecule has 0 fully saturated rings. The fourth-order valence-electron chi connectivity index (χ4n) is 3.59. The number of carbonyl (C=O) groups is 1. The molecule has 0 bridgehead atoms. The van der Waals surface area contributed by atoms with Crippen LogP contribution in [0, 0.1) is 10.1 Å². The summed E-state index contributed by atoms with van der Waals surface area (Å²) in [5.41, 5.74) is 2.15. The van der Waals surface area contributed by atoms with Crippen molar-refractivity contribution in [3.8, 4) is 0 Å². The van der Waals surface area contributed by atoms with Crippen LogP contribution in [0.3, 0.4) is 0 Å². The monoisotopic (exact) mass is 471 g/mol. The van der Waals surface area contributed by atoms with Crippen LogP contribution >= 0.6 is 11.6 Å². The predicted octanol–water partition coefficient (Wildman–Crippen LogP) is 4.64. The molecule has 1 N–H and O–H groups in total. The zero-order valence-electron chi connectivity index (χ0n) is 16.7. The number of sulfonamides is 1. The summed E-state index contributed by atoms with van der Waals surface area (Å²) in [6.45, 7) is 0.611. The second-order valence-electron chi connectivity index (χ2n) is 7.24. The number of anilines is 2. The second kappa shape index (κ2) is 8.60. The van der Waals surface area contributed by atoms with Gasteiger partial charge in [-0.15, -0.1) is 0 Å². The van der Waals surface area contributed by atoms with Gasteiger partial charge < -0.3 is 4.90 Å². The van der Waals surface area contributed by atoms with Crippen molar-refractivity contribution in [1.82, 2.24) is 0 Å². The third-order valence-corrected chi connectivity index (χ3v) is 6.86. The van der Waals surface area contributed by atoms with E-state index in [2.05, 4.69) is 4.72 Å². The number of hydrogen-bond donors (Lipinski definition) is 1. The molecule has 0 unspecified atom stereocenters. The van der Waals surface area contributed by atoms with Gasteiger partial charge in [0.2, 0.25) is 0 Å². The van der Waals surface area contributed by atoms with Gasteiger partial charge in [-0.1, -0.05) is 29.8 Å². The van der Waals surface area contributed by atoms with Gasteiger partial charge in [0.25, 0.3) is 21.6 Å². The van der Waals surface area contributed by atoms with Gasteiger partial charge in [0.15, 0.2) is 0 Å². The quantitative estimate of drug-likeness (QED) is 0.430. The number of para-hydroxylation sites is 1. The van der Waals surface area contributed by atoms with Gasteiger partial charge in [-0.3, -0.25) is 19.6 Å². The van der Waals surface area contributed by atoms with Crippen LogP contribution < -0.4 is 9.62 Å². The molecule has 0 aliphatic carbocycles. The van der Waals surface area contributed by atoms with E-state index < -0.39 is 20.6 Å². The van der Waals surface area contributed by atoms with E-state index in [-0.39, 0.29) is 21.5 Å². The molecule has 3 aromatic carbocycles. The number of amides is 1. The van der Waals surface area contributed by atoms with Gasteiger partial charge in [0, 0.05) is 29.5 Å². The number of nitrogens with one attached hydrogen (secondary N) is 1. The number of halogens is 1. The zero-order chi connectivity index (χ0) is 22.9. The van der Waals surface area contributed by atoms with E-state index in [1.165, 1.54) is 18.2 Å². The number of nitro groups is 1. The molecule has 164 valence electrons. The average molecular weight is 472 g/mol. The van der Waals surface area contributed by atoms with Crippen molar-refractivity contribution < 1.29 is 18.1 Å². The lowest BCUT2D eigenvalue weighted by Gasteiger charge is -2.29. The Kier molecular flexibility index (Phi) is 5.86. The lowest BCUT2D eigenvalue weighted by Crippen LogP contribution is -2.35. The summed E-state index contributed by atoms with van der Waals surface area (Å²) in [5, 5.41) is 10.9. The first-order valence-electron chi connectivity index (χ1n) is 9.73. The molecule has 0 radical (unpaired) electrons. The van der Waals surface area contributed by atoms with E-state index >= 15 is 0 Å². The standard InChI is InChI=1S/C22H18ClN3O5S/c23-19-12-11-18(14-21(19)26(28)29)32(30,31)24-17-9-7-16(8-10-17)22(27)25-13-3-5-15-4-1-2-6-20(15)25/h1-2,4,6-12,14,24H,3,5,13H2. The molecule has 1 amide bonds. The molecule has 1 heterocycles. The Labute approximate surface area is 189 Å². The SMILES string of the molecule is O=C(c1ccc(NS(=O)(=O)c2ccc(Cl)c([N+](=O)[O-])c2)cc1)N1CCCc2ccccc21. The summed E-state index contributed by atoms with van der Waals surface area (Å²) >= 11 is 5.75. The third-order valence-electron chi connectivity index (χ3n) is 5.16. The number of rotatable bonds is 5. The lowest BCUT2D eigenvalue weighted by atomic mass is 10.0. The van der Waals surface area contributed by atoms with Crippen molar-refractivity contribution in [3.63, 3.8) is 0 Å². The maximum absolute atomic E-state index is 13.0. The predicted molar refractivity (Wildman–Crippen MR) is 122 cm³/mol. The van der Waals surface area contributed by atoms with Gasteiger partial charge in [-0.25, -0.2) is 8.42 Å². The number of hydrogen-bond acceptors (Lipinski definition) is 5. The fraction of sp³-hybridized carbons (Fsp3) is 0.136. The van der Waals surface area contributed by atoms with Crippen LogP contribution in [-0.4, -0.2) is 25.8 Å². The molecule has 0 saturated heterocycles. The van der Waals surface area contributed by atoms with Crippen molar-refractivity contribution in [2.75, 3.05) is 16.2 Å². The highest BCUT2D eigenvalue weighted by atomic mass is 35.5. The summed E-state index contributed by atoms with van der Waals surface area (Å²) in [5.74, 6) is -0.167. The summed E-state index contributed by atoms with van der Waals surface area (Å²) in [6, 6.07) is 17.0.